The van der Waals surface area contributed by atoms with Gasteiger partial charge < -0.3 is 10.1 Å². The maximum absolute atomic E-state index is 5.89. The highest BCUT2D eigenvalue weighted by Crippen LogP contribution is 2.21. The lowest BCUT2D eigenvalue weighted by atomic mass is 10.1. The standard InChI is InChI=1S/C18H22ClNO/c1-14(2)11-12-21-18-6-4-3-5-15(18)13-20-17-9-7-16(19)8-10-17/h3-10,14,20H,11-13H2,1-2H3. The van der Waals surface area contributed by atoms with Crippen LogP contribution in [0.2, 0.25) is 5.02 Å². The maximum atomic E-state index is 5.89. The lowest BCUT2D eigenvalue weighted by molar-refractivity contribution is 0.287. The van der Waals surface area contributed by atoms with Crippen molar-refractivity contribution >= 4 is 17.3 Å². The zero-order valence-electron chi connectivity index (χ0n) is 12.6. The smallest absolute Gasteiger partial charge is 0.124 e. The third-order valence-corrected chi connectivity index (χ3v) is 3.50. The normalized spacial score (nSPS) is 10.7. The number of para-hydroxylation sites is 1. The van der Waals surface area contributed by atoms with E-state index in [-0.39, 0.29) is 0 Å². The number of anilines is 1. The monoisotopic (exact) mass is 303 g/mol. The van der Waals surface area contributed by atoms with Crippen LogP contribution in [0.15, 0.2) is 48.5 Å². The molecule has 112 valence electrons. The Bertz CT molecular complexity index is 551. The quantitative estimate of drug-likeness (QED) is 0.741. The number of benzene rings is 2. The summed E-state index contributed by atoms with van der Waals surface area (Å²) in [5, 5.41) is 4.14. The van der Waals surface area contributed by atoms with Gasteiger partial charge in [0.05, 0.1) is 6.61 Å². The van der Waals surface area contributed by atoms with Crippen LogP contribution in [0.25, 0.3) is 0 Å². The minimum absolute atomic E-state index is 0.657. The van der Waals surface area contributed by atoms with Crippen molar-refractivity contribution < 1.29 is 4.74 Å². The molecule has 3 heteroatoms. The molecule has 1 N–H and O–H groups in total. The summed E-state index contributed by atoms with van der Waals surface area (Å²) in [5.74, 6) is 1.61. The van der Waals surface area contributed by atoms with Crippen LogP contribution in [-0.2, 0) is 6.54 Å². The molecule has 0 amide bonds. The number of hydrogen-bond acceptors (Lipinski definition) is 2. The molecule has 0 bridgehead atoms. The number of ether oxygens (including phenoxy) is 1. The van der Waals surface area contributed by atoms with Crippen LogP contribution >= 0.6 is 11.6 Å². The van der Waals surface area contributed by atoms with Crippen LogP contribution in [0.1, 0.15) is 25.8 Å². The molecule has 0 aliphatic heterocycles. The number of halogens is 1. The third-order valence-electron chi connectivity index (χ3n) is 3.25. The topological polar surface area (TPSA) is 21.3 Å². The van der Waals surface area contributed by atoms with Gasteiger partial charge in [0.2, 0.25) is 0 Å². The van der Waals surface area contributed by atoms with Crippen molar-refractivity contribution in [1.82, 2.24) is 0 Å². The largest absolute Gasteiger partial charge is 0.493 e. The van der Waals surface area contributed by atoms with Gasteiger partial charge in [0.25, 0.3) is 0 Å². The predicted octanol–water partition coefficient (Wildman–Crippen LogP) is 5.38. The molecule has 2 nitrogen and oxygen atoms in total. The van der Waals surface area contributed by atoms with E-state index in [0.717, 1.165) is 41.6 Å². The van der Waals surface area contributed by atoms with Crippen LogP contribution in [0.4, 0.5) is 5.69 Å². The minimum Gasteiger partial charge on any atom is -0.493 e. The van der Waals surface area contributed by atoms with Crippen molar-refractivity contribution in [2.75, 3.05) is 11.9 Å². The molecule has 0 saturated heterocycles. The lowest BCUT2D eigenvalue weighted by Crippen LogP contribution is -2.06. The van der Waals surface area contributed by atoms with Crippen LogP contribution in [0, 0.1) is 5.92 Å². The van der Waals surface area contributed by atoms with Crippen molar-refractivity contribution in [2.24, 2.45) is 5.92 Å². The molecule has 0 unspecified atom stereocenters. The van der Waals surface area contributed by atoms with Crippen LogP contribution in [0.5, 0.6) is 5.75 Å². The molecule has 21 heavy (non-hydrogen) atoms. The summed E-state index contributed by atoms with van der Waals surface area (Å²) >= 11 is 5.89. The first kappa shape index (κ1) is 15.7. The molecule has 0 radical (unpaired) electrons. The van der Waals surface area contributed by atoms with Crippen molar-refractivity contribution in [3.8, 4) is 5.75 Å². The average Bonchev–Trinajstić information content (AvgIpc) is 2.47. The molecular weight excluding hydrogens is 282 g/mol. The Morgan fingerprint density at radius 2 is 1.76 bits per heavy atom. The second-order valence-electron chi connectivity index (χ2n) is 5.50. The first-order chi connectivity index (χ1) is 10.1. The van der Waals surface area contributed by atoms with Gasteiger partial charge in [-0.15, -0.1) is 0 Å². The Kier molecular flexibility index (Phi) is 5.94. The van der Waals surface area contributed by atoms with E-state index in [4.69, 9.17) is 16.3 Å². The van der Waals surface area contributed by atoms with Crippen LogP contribution < -0.4 is 10.1 Å². The fourth-order valence-electron chi connectivity index (χ4n) is 1.96. The third kappa shape index (κ3) is 5.31. The van der Waals surface area contributed by atoms with E-state index in [2.05, 4.69) is 25.2 Å². The first-order valence-electron chi connectivity index (χ1n) is 7.35. The average molecular weight is 304 g/mol. The molecule has 0 heterocycles. The summed E-state index contributed by atoms with van der Waals surface area (Å²) < 4.78 is 5.89. The van der Waals surface area contributed by atoms with Crippen LogP contribution in [-0.4, -0.2) is 6.61 Å². The number of rotatable bonds is 7. The molecule has 2 rings (SSSR count). The van der Waals surface area contributed by atoms with E-state index in [1.165, 1.54) is 0 Å². The highest BCUT2D eigenvalue weighted by atomic mass is 35.5. The van der Waals surface area contributed by atoms with E-state index in [1.807, 2.05) is 42.5 Å². The van der Waals surface area contributed by atoms with Gasteiger partial charge in [0.1, 0.15) is 5.75 Å². The lowest BCUT2D eigenvalue weighted by Gasteiger charge is -2.13. The number of hydrogen-bond donors (Lipinski definition) is 1. The summed E-state index contributed by atoms with van der Waals surface area (Å²) in [5.41, 5.74) is 2.22. The van der Waals surface area contributed by atoms with Crippen molar-refractivity contribution in [3.63, 3.8) is 0 Å². The van der Waals surface area contributed by atoms with Crippen molar-refractivity contribution in [1.29, 1.82) is 0 Å². The van der Waals surface area contributed by atoms with Gasteiger partial charge in [-0.3, -0.25) is 0 Å². The summed E-state index contributed by atoms with van der Waals surface area (Å²) in [6, 6.07) is 15.9. The molecule has 2 aromatic carbocycles. The summed E-state index contributed by atoms with van der Waals surface area (Å²) in [4.78, 5) is 0. The first-order valence-corrected chi connectivity index (χ1v) is 7.73. The summed E-state index contributed by atoms with van der Waals surface area (Å²) in [6.45, 7) is 5.91. The fraction of sp³-hybridized carbons (Fsp3) is 0.333. The SMILES string of the molecule is CC(C)CCOc1ccccc1CNc1ccc(Cl)cc1. The van der Waals surface area contributed by atoms with E-state index < -0.39 is 0 Å². The molecular formula is C18H22ClNO. The zero-order chi connectivity index (χ0) is 15.1. The number of nitrogens with one attached hydrogen (secondary N) is 1. The maximum Gasteiger partial charge on any atom is 0.124 e. The van der Waals surface area contributed by atoms with Gasteiger partial charge in [-0.25, -0.2) is 0 Å². The Hall–Kier alpha value is -1.67. The Labute approximate surface area is 132 Å². The Morgan fingerprint density at radius 3 is 2.48 bits per heavy atom. The second-order valence-corrected chi connectivity index (χ2v) is 5.94. The van der Waals surface area contributed by atoms with E-state index in [0.29, 0.717) is 5.92 Å². The Balaban J connectivity index is 1.94. The van der Waals surface area contributed by atoms with Crippen molar-refractivity contribution in [3.05, 3.63) is 59.1 Å². The van der Waals surface area contributed by atoms with Gasteiger partial charge in [0, 0.05) is 22.8 Å². The van der Waals surface area contributed by atoms with E-state index in [9.17, 15) is 0 Å². The molecule has 0 spiro atoms. The molecule has 0 atom stereocenters. The fourth-order valence-corrected chi connectivity index (χ4v) is 2.09. The van der Waals surface area contributed by atoms with Gasteiger partial charge in [-0.1, -0.05) is 43.6 Å². The molecule has 0 aliphatic carbocycles. The highest BCUT2D eigenvalue weighted by molar-refractivity contribution is 6.30. The zero-order valence-corrected chi connectivity index (χ0v) is 13.4. The molecule has 2 aromatic rings. The van der Waals surface area contributed by atoms with Crippen LogP contribution in [0.3, 0.4) is 0 Å². The molecule has 0 aromatic heterocycles. The van der Waals surface area contributed by atoms with Gasteiger partial charge >= 0.3 is 0 Å². The predicted molar refractivity (Wildman–Crippen MR) is 90.2 cm³/mol. The van der Waals surface area contributed by atoms with Crippen molar-refractivity contribution in [2.45, 2.75) is 26.8 Å². The van der Waals surface area contributed by atoms with E-state index >= 15 is 0 Å². The van der Waals surface area contributed by atoms with E-state index in [1.54, 1.807) is 0 Å². The second kappa shape index (κ2) is 7.94. The van der Waals surface area contributed by atoms with Gasteiger partial charge in [-0.05, 0) is 42.7 Å². The molecule has 0 saturated carbocycles. The molecule has 0 aliphatic rings. The Morgan fingerprint density at radius 1 is 1.05 bits per heavy atom. The van der Waals surface area contributed by atoms with Gasteiger partial charge in [-0.2, -0.15) is 0 Å². The summed E-state index contributed by atoms with van der Waals surface area (Å²) in [6.07, 6.45) is 1.07. The minimum atomic E-state index is 0.657. The van der Waals surface area contributed by atoms with Gasteiger partial charge in [0.15, 0.2) is 0 Å². The highest BCUT2D eigenvalue weighted by Gasteiger charge is 2.04. The summed E-state index contributed by atoms with van der Waals surface area (Å²) in [7, 11) is 0. The molecule has 0 fully saturated rings.